The molecule has 0 aliphatic carbocycles. The van der Waals surface area contributed by atoms with Gasteiger partial charge in [0.05, 0.1) is 9.40 Å². The van der Waals surface area contributed by atoms with E-state index in [2.05, 4.69) is 31.9 Å². The van der Waals surface area contributed by atoms with Crippen molar-refractivity contribution in [1.29, 1.82) is 0 Å². The Morgan fingerprint density at radius 1 is 1.37 bits per heavy atom. The van der Waals surface area contributed by atoms with E-state index in [0.717, 1.165) is 21.5 Å². The Morgan fingerprint density at radius 3 is 2.68 bits per heavy atom. The molecular formula is C11H6Br2FNO3S. The number of ether oxygens (including phenoxy) is 1. The standard InChI is InChI=1S/C11H6Br2FNO3S/c12-6-1-7(19-5-6)4-18-11-3-9(14)8(13)2-10(11)15(16)17/h1-3,5H,4H2. The summed E-state index contributed by atoms with van der Waals surface area (Å²) in [6.07, 6.45) is 0. The maximum atomic E-state index is 13.4. The van der Waals surface area contributed by atoms with Crippen molar-refractivity contribution in [3.8, 4) is 5.75 Å². The molecule has 2 aromatic rings. The van der Waals surface area contributed by atoms with Gasteiger partial charge < -0.3 is 4.74 Å². The molecule has 0 amide bonds. The van der Waals surface area contributed by atoms with Crippen molar-refractivity contribution in [2.24, 2.45) is 0 Å². The van der Waals surface area contributed by atoms with Crippen molar-refractivity contribution in [1.82, 2.24) is 0 Å². The van der Waals surface area contributed by atoms with Crippen molar-refractivity contribution in [2.75, 3.05) is 0 Å². The minimum Gasteiger partial charge on any atom is -0.481 e. The van der Waals surface area contributed by atoms with Crippen LogP contribution in [0.25, 0.3) is 0 Å². The van der Waals surface area contributed by atoms with Crippen molar-refractivity contribution >= 4 is 48.9 Å². The fourth-order valence-electron chi connectivity index (χ4n) is 1.35. The van der Waals surface area contributed by atoms with Crippen molar-refractivity contribution < 1.29 is 14.1 Å². The molecule has 0 atom stereocenters. The molecule has 1 aromatic carbocycles. The zero-order valence-electron chi connectivity index (χ0n) is 9.23. The lowest BCUT2D eigenvalue weighted by molar-refractivity contribution is -0.386. The van der Waals surface area contributed by atoms with Crippen molar-refractivity contribution in [3.63, 3.8) is 0 Å². The summed E-state index contributed by atoms with van der Waals surface area (Å²) in [5.74, 6) is -0.691. The molecule has 0 radical (unpaired) electrons. The zero-order valence-corrected chi connectivity index (χ0v) is 13.2. The number of halogens is 3. The molecule has 0 spiro atoms. The first-order valence-electron chi connectivity index (χ1n) is 4.96. The highest BCUT2D eigenvalue weighted by Crippen LogP contribution is 2.33. The van der Waals surface area contributed by atoms with E-state index < -0.39 is 10.7 Å². The first-order valence-corrected chi connectivity index (χ1v) is 7.43. The van der Waals surface area contributed by atoms with Crippen LogP contribution in [0.3, 0.4) is 0 Å². The summed E-state index contributed by atoms with van der Waals surface area (Å²) in [7, 11) is 0. The Balaban J connectivity index is 2.23. The maximum Gasteiger partial charge on any atom is 0.312 e. The third-order valence-electron chi connectivity index (χ3n) is 2.19. The number of rotatable bonds is 4. The summed E-state index contributed by atoms with van der Waals surface area (Å²) in [6.45, 7) is 0.151. The van der Waals surface area contributed by atoms with Crippen LogP contribution >= 0.6 is 43.2 Å². The van der Waals surface area contributed by atoms with Crippen LogP contribution in [-0.2, 0) is 6.61 Å². The molecule has 1 heterocycles. The normalized spacial score (nSPS) is 10.5. The number of benzene rings is 1. The summed E-state index contributed by atoms with van der Waals surface area (Å²) >= 11 is 7.65. The lowest BCUT2D eigenvalue weighted by Crippen LogP contribution is -1.99. The monoisotopic (exact) mass is 409 g/mol. The summed E-state index contributed by atoms with van der Waals surface area (Å²) in [6, 6.07) is 3.94. The largest absolute Gasteiger partial charge is 0.481 e. The SMILES string of the molecule is O=[N+]([O-])c1cc(Br)c(F)cc1OCc1cc(Br)cs1. The van der Waals surface area contributed by atoms with Crippen LogP contribution in [0.2, 0.25) is 0 Å². The molecule has 19 heavy (non-hydrogen) atoms. The lowest BCUT2D eigenvalue weighted by Gasteiger charge is -2.06. The van der Waals surface area contributed by atoms with E-state index in [0.29, 0.717) is 0 Å². The molecule has 1 aromatic heterocycles. The number of nitro groups is 1. The number of hydrogen-bond acceptors (Lipinski definition) is 4. The van der Waals surface area contributed by atoms with Crippen LogP contribution in [0.5, 0.6) is 5.75 Å². The van der Waals surface area contributed by atoms with E-state index in [1.54, 1.807) is 0 Å². The van der Waals surface area contributed by atoms with E-state index in [-0.39, 0.29) is 22.5 Å². The molecule has 0 unspecified atom stereocenters. The summed E-state index contributed by atoms with van der Waals surface area (Å²) in [5, 5.41) is 12.7. The van der Waals surface area contributed by atoms with Crippen LogP contribution in [-0.4, -0.2) is 4.92 Å². The third-order valence-corrected chi connectivity index (χ3v) is 4.47. The van der Waals surface area contributed by atoms with Crippen LogP contribution in [0.4, 0.5) is 10.1 Å². The third kappa shape index (κ3) is 3.52. The molecule has 0 N–H and O–H groups in total. The molecule has 4 nitrogen and oxygen atoms in total. The number of nitro benzene ring substituents is 1. The molecule has 8 heteroatoms. The Kier molecular flexibility index (Phi) is 4.54. The molecule has 0 saturated carbocycles. The first kappa shape index (κ1) is 14.4. The van der Waals surface area contributed by atoms with Gasteiger partial charge in [0.15, 0.2) is 5.75 Å². The van der Waals surface area contributed by atoms with E-state index in [4.69, 9.17) is 4.74 Å². The van der Waals surface area contributed by atoms with Crippen LogP contribution in [0, 0.1) is 15.9 Å². The Hall–Kier alpha value is -0.990. The van der Waals surface area contributed by atoms with Crippen LogP contribution in [0.1, 0.15) is 4.88 Å². The smallest absolute Gasteiger partial charge is 0.312 e. The van der Waals surface area contributed by atoms with Crippen molar-refractivity contribution in [3.05, 3.63) is 53.3 Å². The van der Waals surface area contributed by atoms with Gasteiger partial charge in [-0.05, 0) is 37.9 Å². The molecule has 100 valence electrons. The van der Waals surface area contributed by atoms with Gasteiger partial charge in [0, 0.05) is 26.9 Å². The predicted molar refractivity (Wildman–Crippen MR) is 77.1 cm³/mol. The molecule has 0 aliphatic heterocycles. The van der Waals surface area contributed by atoms with Gasteiger partial charge in [-0.3, -0.25) is 10.1 Å². The van der Waals surface area contributed by atoms with E-state index >= 15 is 0 Å². The quantitative estimate of drug-likeness (QED) is 0.532. The Labute approximate surface area is 128 Å². The minimum atomic E-state index is -0.607. The van der Waals surface area contributed by atoms with Gasteiger partial charge in [0.25, 0.3) is 0 Å². The average Bonchev–Trinajstić information content (AvgIpc) is 2.76. The number of hydrogen-bond donors (Lipinski definition) is 0. The molecule has 0 saturated heterocycles. The number of nitrogens with zero attached hydrogens (tertiary/aromatic N) is 1. The summed E-state index contributed by atoms with van der Waals surface area (Å²) in [4.78, 5) is 11.1. The second-order valence-corrected chi connectivity index (χ2v) is 6.28. The van der Waals surface area contributed by atoms with Crippen LogP contribution < -0.4 is 4.74 Å². The highest BCUT2D eigenvalue weighted by Gasteiger charge is 2.19. The Bertz CT molecular complexity index is 632. The van der Waals surface area contributed by atoms with Gasteiger partial charge in [-0.25, -0.2) is 4.39 Å². The summed E-state index contributed by atoms with van der Waals surface area (Å²) in [5.41, 5.74) is -0.274. The maximum absolute atomic E-state index is 13.4. The average molecular weight is 411 g/mol. The second-order valence-electron chi connectivity index (χ2n) is 3.51. The van der Waals surface area contributed by atoms with E-state index in [1.807, 2.05) is 11.4 Å². The predicted octanol–water partition coefficient (Wildman–Crippen LogP) is 4.90. The fraction of sp³-hybridized carbons (Fsp3) is 0.0909. The van der Waals surface area contributed by atoms with Gasteiger partial charge in [0.1, 0.15) is 12.4 Å². The van der Waals surface area contributed by atoms with Crippen LogP contribution in [0.15, 0.2) is 32.5 Å². The Morgan fingerprint density at radius 2 is 2.11 bits per heavy atom. The van der Waals surface area contributed by atoms with Gasteiger partial charge in [-0.2, -0.15) is 0 Å². The molecule has 0 bridgehead atoms. The zero-order chi connectivity index (χ0) is 14.0. The van der Waals surface area contributed by atoms with Gasteiger partial charge in [-0.1, -0.05) is 0 Å². The lowest BCUT2D eigenvalue weighted by atomic mass is 10.3. The second kappa shape index (κ2) is 5.98. The molecule has 0 aliphatic rings. The first-order chi connectivity index (χ1) is 8.97. The van der Waals surface area contributed by atoms with Crippen molar-refractivity contribution in [2.45, 2.75) is 6.61 Å². The van der Waals surface area contributed by atoms with Gasteiger partial charge in [-0.15, -0.1) is 11.3 Å². The van der Waals surface area contributed by atoms with Gasteiger partial charge >= 0.3 is 5.69 Å². The topological polar surface area (TPSA) is 52.4 Å². The highest BCUT2D eigenvalue weighted by atomic mass is 79.9. The fourth-order valence-corrected chi connectivity index (χ4v) is 3.05. The van der Waals surface area contributed by atoms with Gasteiger partial charge in [0.2, 0.25) is 0 Å². The molecular weight excluding hydrogens is 405 g/mol. The minimum absolute atomic E-state index is 0.0328. The summed E-state index contributed by atoms with van der Waals surface area (Å²) < 4.78 is 19.7. The molecule has 2 rings (SSSR count). The number of thiophene rings is 1. The van der Waals surface area contributed by atoms with E-state index in [1.165, 1.54) is 11.3 Å². The van der Waals surface area contributed by atoms with E-state index in [9.17, 15) is 14.5 Å². The highest BCUT2D eigenvalue weighted by molar-refractivity contribution is 9.10. The molecule has 0 fully saturated rings.